The number of benzene rings is 2. The highest BCUT2D eigenvalue weighted by atomic mass is 35.5. The molecule has 0 bridgehead atoms. The van der Waals surface area contributed by atoms with Crippen molar-refractivity contribution in [1.29, 1.82) is 0 Å². The normalized spacial score (nSPS) is 10.8. The van der Waals surface area contributed by atoms with Gasteiger partial charge in [0.2, 0.25) is 0 Å². The molecule has 21 heavy (non-hydrogen) atoms. The van der Waals surface area contributed by atoms with Crippen molar-refractivity contribution in [2.45, 2.75) is 6.92 Å². The van der Waals surface area contributed by atoms with Gasteiger partial charge in [-0.15, -0.1) is 0 Å². The van der Waals surface area contributed by atoms with Crippen LogP contribution in [0.25, 0.3) is 0 Å². The molecule has 2 aromatic carbocycles. The second-order valence-electron chi connectivity index (χ2n) is 4.16. The van der Waals surface area contributed by atoms with Crippen molar-refractivity contribution < 1.29 is 14.2 Å². The van der Waals surface area contributed by atoms with Crippen molar-refractivity contribution in [3.05, 3.63) is 52.8 Å². The lowest BCUT2D eigenvalue weighted by Crippen LogP contribution is -1.95. The van der Waals surface area contributed by atoms with Crippen LogP contribution >= 0.6 is 11.6 Å². The molecule has 110 valence electrons. The smallest absolute Gasteiger partial charge is 0.176 e. The average Bonchev–Trinajstić information content (AvgIpc) is 2.46. The quantitative estimate of drug-likeness (QED) is 0.647. The molecule has 0 heterocycles. The summed E-state index contributed by atoms with van der Waals surface area (Å²) in [7, 11) is 0. The molecule has 4 nitrogen and oxygen atoms in total. The fourth-order valence-corrected chi connectivity index (χ4v) is 1.86. The minimum atomic E-state index is -0.309. The third-order valence-corrected chi connectivity index (χ3v) is 2.89. The van der Waals surface area contributed by atoms with Crippen LogP contribution in [0.2, 0.25) is 5.02 Å². The second-order valence-corrected chi connectivity index (χ2v) is 4.57. The molecule has 0 radical (unpaired) electrons. The maximum Gasteiger partial charge on any atom is 0.176 e. The van der Waals surface area contributed by atoms with Gasteiger partial charge in [0.25, 0.3) is 0 Å². The zero-order valence-electron chi connectivity index (χ0n) is 11.3. The number of nitrogens with one attached hydrogen (secondary N) is 1. The fourth-order valence-electron chi connectivity index (χ4n) is 1.64. The Kier molecular flexibility index (Phi) is 5.00. The van der Waals surface area contributed by atoms with E-state index in [1.165, 1.54) is 18.3 Å². The van der Waals surface area contributed by atoms with Gasteiger partial charge in [-0.05, 0) is 48.9 Å². The first-order chi connectivity index (χ1) is 10.1. The van der Waals surface area contributed by atoms with Gasteiger partial charge in [0.05, 0.1) is 23.5 Å². The van der Waals surface area contributed by atoms with Gasteiger partial charge in [0.15, 0.2) is 11.5 Å². The van der Waals surface area contributed by atoms with Crippen LogP contribution in [-0.4, -0.2) is 17.9 Å². The number of anilines is 1. The molecule has 0 aliphatic rings. The van der Waals surface area contributed by atoms with E-state index >= 15 is 0 Å². The lowest BCUT2D eigenvalue weighted by Gasteiger charge is -2.08. The lowest BCUT2D eigenvalue weighted by molar-refractivity contribution is 0.318. The molecular weight excluding hydrogens is 295 g/mol. The van der Waals surface area contributed by atoms with Crippen LogP contribution in [0.1, 0.15) is 12.5 Å². The summed E-state index contributed by atoms with van der Waals surface area (Å²) in [6.07, 6.45) is 1.52. The van der Waals surface area contributed by atoms with Crippen molar-refractivity contribution in [1.82, 2.24) is 0 Å². The van der Waals surface area contributed by atoms with Crippen molar-refractivity contribution in [3.8, 4) is 11.5 Å². The standard InChI is InChI=1S/C15H14ClFN2O2/c1-2-21-14-8-10(7-13(16)15(14)20)9-18-19-12-5-3-11(17)4-6-12/h3-9,19-20H,2H2,1H3. The predicted octanol–water partition coefficient (Wildman–Crippen LogP) is 4.03. The molecule has 6 heteroatoms. The topological polar surface area (TPSA) is 53.8 Å². The van der Waals surface area contributed by atoms with Crippen LogP contribution in [-0.2, 0) is 0 Å². The predicted molar refractivity (Wildman–Crippen MR) is 81.9 cm³/mol. The largest absolute Gasteiger partial charge is 0.503 e. The molecule has 0 spiro atoms. The number of aromatic hydroxyl groups is 1. The van der Waals surface area contributed by atoms with Crippen LogP contribution in [0, 0.1) is 5.82 Å². The Balaban J connectivity index is 2.11. The zero-order valence-corrected chi connectivity index (χ0v) is 12.1. The maximum absolute atomic E-state index is 12.8. The average molecular weight is 309 g/mol. The molecule has 0 atom stereocenters. The third kappa shape index (κ3) is 4.10. The van der Waals surface area contributed by atoms with Crippen molar-refractivity contribution in [2.24, 2.45) is 5.10 Å². The minimum absolute atomic E-state index is 0.0952. The molecule has 2 aromatic rings. The van der Waals surface area contributed by atoms with Gasteiger partial charge < -0.3 is 9.84 Å². The first-order valence-electron chi connectivity index (χ1n) is 6.30. The van der Waals surface area contributed by atoms with Gasteiger partial charge in [0.1, 0.15) is 5.82 Å². The van der Waals surface area contributed by atoms with Gasteiger partial charge in [-0.1, -0.05) is 11.6 Å². The van der Waals surface area contributed by atoms with Crippen LogP contribution in [0.5, 0.6) is 11.5 Å². The van der Waals surface area contributed by atoms with Crippen LogP contribution in [0.4, 0.5) is 10.1 Å². The Hall–Kier alpha value is -2.27. The summed E-state index contributed by atoms with van der Waals surface area (Å²) in [4.78, 5) is 0. The Morgan fingerprint density at radius 1 is 1.33 bits per heavy atom. The van der Waals surface area contributed by atoms with E-state index in [-0.39, 0.29) is 16.6 Å². The number of phenolic OH excluding ortho intramolecular Hbond substituents is 1. The van der Waals surface area contributed by atoms with Gasteiger partial charge in [-0.25, -0.2) is 4.39 Å². The Morgan fingerprint density at radius 2 is 2.05 bits per heavy atom. The van der Waals surface area contributed by atoms with E-state index in [2.05, 4.69) is 10.5 Å². The van der Waals surface area contributed by atoms with E-state index in [0.29, 0.717) is 23.6 Å². The van der Waals surface area contributed by atoms with Gasteiger partial charge in [-0.3, -0.25) is 5.43 Å². The Labute approximate surface area is 126 Å². The number of nitrogens with zero attached hydrogens (tertiary/aromatic N) is 1. The summed E-state index contributed by atoms with van der Waals surface area (Å²) >= 11 is 5.91. The molecule has 0 fully saturated rings. The number of hydrogen-bond acceptors (Lipinski definition) is 4. The zero-order chi connectivity index (χ0) is 15.2. The molecule has 0 unspecified atom stereocenters. The van der Waals surface area contributed by atoms with Crippen molar-refractivity contribution >= 4 is 23.5 Å². The lowest BCUT2D eigenvalue weighted by atomic mass is 10.2. The first kappa shape index (κ1) is 15.1. The van der Waals surface area contributed by atoms with Crippen LogP contribution < -0.4 is 10.2 Å². The minimum Gasteiger partial charge on any atom is -0.503 e. The molecule has 0 amide bonds. The summed E-state index contributed by atoms with van der Waals surface area (Å²) in [5.41, 5.74) is 4.08. The second kappa shape index (κ2) is 6.95. The summed E-state index contributed by atoms with van der Waals surface area (Å²) in [5, 5.41) is 13.9. The van der Waals surface area contributed by atoms with Crippen LogP contribution in [0.3, 0.4) is 0 Å². The van der Waals surface area contributed by atoms with E-state index in [1.807, 2.05) is 6.92 Å². The molecule has 0 saturated heterocycles. The highest BCUT2D eigenvalue weighted by Gasteiger charge is 2.08. The molecule has 0 aliphatic heterocycles. The number of hydrazone groups is 1. The summed E-state index contributed by atoms with van der Waals surface area (Å²) in [6, 6.07) is 9.00. The van der Waals surface area contributed by atoms with Crippen molar-refractivity contribution in [2.75, 3.05) is 12.0 Å². The summed E-state index contributed by atoms with van der Waals surface area (Å²) in [6.45, 7) is 2.22. The number of rotatable bonds is 5. The van der Waals surface area contributed by atoms with E-state index in [9.17, 15) is 9.50 Å². The van der Waals surface area contributed by atoms with E-state index in [4.69, 9.17) is 16.3 Å². The first-order valence-corrected chi connectivity index (χ1v) is 6.68. The number of halogens is 2. The molecule has 0 aliphatic carbocycles. The van der Waals surface area contributed by atoms with Gasteiger partial charge in [-0.2, -0.15) is 5.10 Å². The SMILES string of the molecule is CCOc1cc(C=NNc2ccc(F)cc2)cc(Cl)c1O. The van der Waals surface area contributed by atoms with Crippen molar-refractivity contribution in [3.63, 3.8) is 0 Å². The maximum atomic E-state index is 12.8. The molecule has 2 rings (SSSR count). The fraction of sp³-hybridized carbons (Fsp3) is 0.133. The van der Waals surface area contributed by atoms with Gasteiger partial charge >= 0.3 is 0 Å². The summed E-state index contributed by atoms with van der Waals surface area (Å²) in [5.74, 6) is -0.105. The molecule has 2 N–H and O–H groups in total. The van der Waals surface area contributed by atoms with Gasteiger partial charge in [0, 0.05) is 0 Å². The summed E-state index contributed by atoms with van der Waals surface area (Å²) < 4.78 is 18.0. The van der Waals surface area contributed by atoms with Crippen LogP contribution in [0.15, 0.2) is 41.5 Å². The number of phenols is 1. The highest BCUT2D eigenvalue weighted by Crippen LogP contribution is 2.34. The van der Waals surface area contributed by atoms with E-state index < -0.39 is 0 Å². The Bertz CT molecular complexity index is 645. The van der Waals surface area contributed by atoms with E-state index in [0.717, 1.165) is 0 Å². The third-order valence-electron chi connectivity index (χ3n) is 2.60. The Morgan fingerprint density at radius 3 is 2.71 bits per heavy atom. The van der Waals surface area contributed by atoms with E-state index in [1.54, 1.807) is 24.3 Å². The molecule has 0 saturated carbocycles. The monoisotopic (exact) mass is 308 g/mol. The number of hydrogen-bond donors (Lipinski definition) is 2. The molecular formula is C15H14ClFN2O2. The number of ether oxygens (including phenoxy) is 1. The molecule has 0 aromatic heterocycles. The highest BCUT2D eigenvalue weighted by molar-refractivity contribution is 6.32.